The molecule has 0 spiro atoms. The Morgan fingerprint density at radius 3 is 1.94 bits per heavy atom. The molecule has 0 aliphatic heterocycles. The molecule has 244 valence electrons. The Kier molecular flexibility index (Phi) is 6.22. The number of anilines is 3. The molecule has 2 nitrogen and oxygen atoms in total. The van der Waals surface area contributed by atoms with Crippen LogP contribution in [0.2, 0.25) is 0 Å². The van der Waals surface area contributed by atoms with Gasteiger partial charge in [0, 0.05) is 22.1 Å². The molecule has 0 aliphatic rings. The van der Waals surface area contributed by atoms with Gasteiger partial charge in [0.05, 0.1) is 16.6 Å². The van der Waals surface area contributed by atoms with Gasteiger partial charge in [-0.1, -0.05) is 146 Å². The maximum atomic E-state index is 9.68. The van der Waals surface area contributed by atoms with E-state index in [1.54, 1.807) is 0 Å². The summed E-state index contributed by atoms with van der Waals surface area (Å²) in [5.41, 5.74) is 8.37. The summed E-state index contributed by atoms with van der Waals surface area (Å²) in [4.78, 5) is 1.90. The fraction of sp³-hybridized carbons (Fsp3) is 0. The number of fused-ring (bicyclic) bond motifs is 6. The van der Waals surface area contributed by atoms with Crippen LogP contribution in [0.5, 0.6) is 0 Å². The van der Waals surface area contributed by atoms with Crippen LogP contribution in [0.25, 0.3) is 76.9 Å². The Hall–Kier alpha value is -6.90. The second-order valence-corrected chi connectivity index (χ2v) is 13.0. The molecular weight excluding hydrogens is 631 g/mol. The first-order chi connectivity index (χ1) is 27.4. The van der Waals surface area contributed by atoms with Crippen molar-refractivity contribution in [3.05, 3.63) is 200 Å². The second-order valence-electron chi connectivity index (χ2n) is 13.0. The van der Waals surface area contributed by atoms with E-state index in [9.17, 15) is 2.74 Å². The van der Waals surface area contributed by atoms with Gasteiger partial charge in [-0.15, -0.1) is 0 Å². The molecule has 10 aromatic rings. The molecule has 0 radical (unpaired) electrons. The zero-order valence-electron chi connectivity index (χ0n) is 32.1. The highest BCUT2D eigenvalue weighted by Gasteiger charge is 2.21. The lowest BCUT2D eigenvalue weighted by molar-refractivity contribution is 0.672. The van der Waals surface area contributed by atoms with Gasteiger partial charge in [0.2, 0.25) is 0 Å². The molecule has 0 saturated heterocycles. The largest absolute Gasteiger partial charge is 0.455 e. The van der Waals surface area contributed by atoms with E-state index in [0.717, 1.165) is 49.4 Å². The van der Waals surface area contributed by atoms with Gasteiger partial charge in [-0.2, -0.15) is 0 Å². The van der Waals surface area contributed by atoms with Crippen molar-refractivity contribution < 1.29 is 9.90 Å². The highest BCUT2D eigenvalue weighted by Crippen LogP contribution is 2.45. The van der Waals surface area contributed by atoms with E-state index in [-0.39, 0.29) is 29.9 Å². The van der Waals surface area contributed by atoms with E-state index in [0.29, 0.717) is 28.1 Å². The molecule has 9 aromatic carbocycles. The molecule has 10 rings (SSSR count). The van der Waals surface area contributed by atoms with Crippen LogP contribution in [0.3, 0.4) is 0 Å². The Morgan fingerprint density at radius 2 is 1.08 bits per heavy atom. The summed E-state index contributed by atoms with van der Waals surface area (Å²) in [5, 5.41) is 6.21. The number of hydrogen-bond donors (Lipinski definition) is 0. The van der Waals surface area contributed by atoms with E-state index in [1.807, 2.05) is 77.7 Å². The van der Waals surface area contributed by atoms with Crippen molar-refractivity contribution in [2.75, 3.05) is 4.90 Å². The lowest BCUT2D eigenvalue weighted by Gasteiger charge is -2.27. The van der Waals surface area contributed by atoms with Gasteiger partial charge in [0.15, 0.2) is 0 Å². The predicted molar refractivity (Wildman–Crippen MR) is 220 cm³/mol. The Bertz CT molecular complexity index is 3140. The van der Waals surface area contributed by atoms with Crippen LogP contribution in [0, 0.1) is 0 Å². The standard InChI is InChI=1S/C50H33NO/c1-2-11-34(12-3-1)41-18-9-19-44(33-41)51(47-21-10-22-48-49(47)46-30-27-37-14-6-7-20-45(37)50(46)52-48)43-28-25-36(26-29-43)39-16-8-17-40(31-39)42-24-23-35-13-4-5-15-38(35)32-42/h1-33H/i9D,18D,19D,33D. The third-order valence-corrected chi connectivity index (χ3v) is 9.91. The summed E-state index contributed by atoms with van der Waals surface area (Å²) in [6.45, 7) is 0. The lowest BCUT2D eigenvalue weighted by Crippen LogP contribution is -2.10. The average molecular weight is 668 g/mol. The van der Waals surface area contributed by atoms with Crippen LogP contribution in [-0.4, -0.2) is 0 Å². The van der Waals surface area contributed by atoms with Crippen LogP contribution in [0.1, 0.15) is 5.48 Å². The highest BCUT2D eigenvalue weighted by atomic mass is 16.3. The molecule has 2 heteroatoms. The van der Waals surface area contributed by atoms with Gasteiger partial charge >= 0.3 is 0 Å². The molecule has 0 unspecified atom stereocenters. The highest BCUT2D eigenvalue weighted by molar-refractivity contribution is 6.19. The fourth-order valence-corrected chi connectivity index (χ4v) is 7.36. The van der Waals surface area contributed by atoms with Gasteiger partial charge in [-0.3, -0.25) is 0 Å². The average Bonchev–Trinajstić information content (AvgIpc) is 3.65. The predicted octanol–water partition coefficient (Wildman–Crippen LogP) is 14.4. The van der Waals surface area contributed by atoms with Crippen molar-refractivity contribution in [1.82, 2.24) is 0 Å². The number of furan rings is 1. The first-order valence-corrected chi connectivity index (χ1v) is 17.4. The maximum Gasteiger partial charge on any atom is 0.143 e. The van der Waals surface area contributed by atoms with Gasteiger partial charge in [0.1, 0.15) is 11.2 Å². The summed E-state index contributed by atoms with van der Waals surface area (Å²) >= 11 is 0. The summed E-state index contributed by atoms with van der Waals surface area (Å²) in [7, 11) is 0. The topological polar surface area (TPSA) is 16.4 Å². The lowest BCUT2D eigenvalue weighted by atomic mass is 9.97. The number of rotatable bonds is 6. The normalized spacial score (nSPS) is 12.5. The number of nitrogens with zero attached hydrogens (tertiary/aromatic N) is 1. The molecule has 0 N–H and O–H groups in total. The van der Waals surface area contributed by atoms with Crippen LogP contribution in [-0.2, 0) is 0 Å². The molecule has 0 fully saturated rings. The van der Waals surface area contributed by atoms with Crippen molar-refractivity contribution in [2.45, 2.75) is 0 Å². The van der Waals surface area contributed by atoms with Gasteiger partial charge in [-0.05, 0) is 104 Å². The van der Waals surface area contributed by atoms with Crippen LogP contribution in [0.4, 0.5) is 17.1 Å². The third-order valence-electron chi connectivity index (χ3n) is 9.91. The number of benzene rings is 9. The van der Waals surface area contributed by atoms with E-state index in [1.165, 1.54) is 10.8 Å². The zero-order chi connectivity index (χ0) is 37.9. The van der Waals surface area contributed by atoms with Gasteiger partial charge in [-0.25, -0.2) is 0 Å². The van der Waals surface area contributed by atoms with Gasteiger partial charge in [0.25, 0.3) is 0 Å². The number of hydrogen-bond acceptors (Lipinski definition) is 2. The zero-order valence-corrected chi connectivity index (χ0v) is 28.1. The van der Waals surface area contributed by atoms with Crippen molar-refractivity contribution in [3.63, 3.8) is 0 Å². The SMILES string of the molecule is [2H]c1c([2H])c(-c2ccccc2)c([2H])c(N(c2ccc(-c3cccc(-c4ccc5ccccc5c4)c3)cc2)c2cccc3oc4c5ccccc5ccc4c23)c1[2H]. The van der Waals surface area contributed by atoms with E-state index < -0.39 is 0 Å². The quantitative estimate of drug-likeness (QED) is 0.175. The smallest absolute Gasteiger partial charge is 0.143 e. The van der Waals surface area contributed by atoms with E-state index in [2.05, 4.69) is 103 Å². The molecule has 0 aliphatic carbocycles. The minimum atomic E-state index is -0.239. The molecule has 1 aromatic heterocycles. The Labute approximate surface area is 308 Å². The summed E-state index contributed by atoms with van der Waals surface area (Å²) < 4.78 is 43.6. The molecule has 0 amide bonds. The monoisotopic (exact) mass is 667 g/mol. The molecule has 1 heterocycles. The molecule has 0 bridgehead atoms. The van der Waals surface area contributed by atoms with Crippen molar-refractivity contribution >= 4 is 60.5 Å². The van der Waals surface area contributed by atoms with Crippen molar-refractivity contribution in [3.8, 4) is 33.4 Å². The first kappa shape index (κ1) is 26.0. The summed E-state index contributed by atoms with van der Waals surface area (Å²) in [5.74, 6) is 0. The Morgan fingerprint density at radius 1 is 0.423 bits per heavy atom. The first-order valence-electron chi connectivity index (χ1n) is 19.4. The molecule has 0 atom stereocenters. The van der Waals surface area contributed by atoms with Gasteiger partial charge < -0.3 is 9.32 Å². The minimum absolute atomic E-state index is 0.00427. The summed E-state index contributed by atoms with van der Waals surface area (Å²) in [6, 6.07) is 58.5. The minimum Gasteiger partial charge on any atom is -0.455 e. The molecule has 52 heavy (non-hydrogen) atoms. The Balaban J connectivity index is 1.17. The van der Waals surface area contributed by atoms with Crippen LogP contribution < -0.4 is 4.90 Å². The van der Waals surface area contributed by atoms with Crippen LogP contribution >= 0.6 is 0 Å². The van der Waals surface area contributed by atoms with Crippen molar-refractivity contribution in [2.24, 2.45) is 0 Å². The second kappa shape index (κ2) is 12.5. The van der Waals surface area contributed by atoms with Crippen LogP contribution in [0.15, 0.2) is 205 Å². The maximum absolute atomic E-state index is 9.68. The fourth-order valence-electron chi connectivity index (χ4n) is 7.36. The van der Waals surface area contributed by atoms with E-state index in [4.69, 9.17) is 7.16 Å². The van der Waals surface area contributed by atoms with E-state index >= 15 is 0 Å². The third kappa shape index (κ3) is 5.21. The summed E-state index contributed by atoms with van der Waals surface area (Å²) in [6.07, 6.45) is 0. The molecular formula is C50H33NO. The van der Waals surface area contributed by atoms with Crippen molar-refractivity contribution in [1.29, 1.82) is 0 Å². The molecule has 0 saturated carbocycles.